The molecule has 0 aliphatic heterocycles. The van der Waals surface area contributed by atoms with E-state index >= 15 is 0 Å². The Kier molecular flexibility index (Phi) is 3.74. The summed E-state index contributed by atoms with van der Waals surface area (Å²) in [5, 5.41) is 3.76. The van der Waals surface area contributed by atoms with E-state index in [1.807, 2.05) is 20.8 Å². The van der Waals surface area contributed by atoms with Gasteiger partial charge in [0, 0.05) is 5.56 Å². The summed E-state index contributed by atoms with van der Waals surface area (Å²) in [5.74, 6) is 0.0346. The third-order valence-electron chi connectivity index (χ3n) is 2.36. The molecule has 6 heteroatoms. The second-order valence-electron chi connectivity index (χ2n) is 5.17. The van der Waals surface area contributed by atoms with Crippen LogP contribution in [-0.2, 0) is 4.74 Å². The molecular formula is C14H16N2O4. The lowest BCUT2D eigenvalue weighted by Crippen LogP contribution is -2.23. The van der Waals surface area contributed by atoms with E-state index in [4.69, 9.17) is 14.0 Å². The van der Waals surface area contributed by atoms with Gasteiger partial charge in [0.2, 0.25) is 5.82 Å². The Morgan fingerprint density at radius 3 is 2.35 bits per heavy atom. The van der Waals surface area contributed by atoms with Gasteiger partial charge < -0.3 is 9.47 Å². The van der Waals surface area contributed by atoms with E-state index in [0.717, 1.165) is 5.56 Å². The fourth-order valence-corrected chi connectivity index (χ4v) is 1.50. The van der Waals surface area contributed by atoms with Crippen molar-refractivity contribution in [3.8, 4) is 17.5 Å². The average Bonchev–Trinajstić information content (AvgIpc) is 2.85. The highest BCUT2D eigenvalue weighted by atomic mass is 16.6. The average molecular weight is 276 g/mol. The number of hydrogen-bond donors (Lipinski definition) is 0. The smallest absolute Gasteiger partial charge is 0.417 e. The molecule has 0 radical (unpaired) electrons. The van der Waals surface area contributed by atoms with E-state index in [1.165, 1.54) is 7.11 Å². The van der Waals surface area contributed by atoms with Crippen LogP contribution in [-0.4, -0.2) is 28.8 Å². The summed E-state index contributed by atoms with van der Waals surface area (Å²) in [6.45, 7) is 5.47. The van der Waals surface area contributed by atoms with E-state index in [-0.39, 0.29) is 12.0 Å². The second kappa shape index (κ2) is 5.32. The number of carbonyl (C=O) groups is 1. The molecule has 0 N–H and O–H groups in total. The van der Waals surface area contributed by atoms with Crippen LogP contribution in [0.1, 0.15) is 31.1 Å². The molecule has 0 saturated carbocycles. The predicted molar refractivity (Wildman–Crippen MR) is 71.5 cm³/mol. The van der Waals surface area contributed by atoms with Gasteiger partial charge in [-0.3, -0.25) is 4.52 Å². The maximum Gasteiger partial charge on any atom is 0.417 e. The van der Waals surface area contributed by atoms with Crippen molar-refractivity contribution in [2.45, 2.75) is 26.4 Å². The van der Waals surface area contributed by atoms with Crippen molar-refractivity contribution < 1.29 is 18.8 Å². The lowest BCUT2D eigenvalue weighted by molar-refractivity contribution is 0.00695. The topological polar surface area (TPSA) is 74.5 Å². The second-order valence-corrected chi connectivity index (χ2v) is 5.17. The minimum atomic E-state index is -0.517. The SMILES string of the molecule is COc1nc(-c2ccc(C(=O)OC(C)(C)C)cc2)no1. The number of nitrogens with zero attached hydrogens (tertiary/aromatic N) is 2. The van der Waals surface area contributed by atoms with E-state index in [1.54, 1.807) is 24.3 Å². The van der Waals surface area contributed by atoms with Gasteiger partial charge in [-0.25, -0.2) is 4.79 Å². The normalized spacial score (nSPS) is 11.2. The number of hydrogen-bond acceptors (Lipinski definition) is 6. The number of rotatable bonds is 3. The minimum Gasteiger partial charge on any atom is -0.456 e. The van der Waals surface area contributed by atoms with Crippen molar-refractivity contribution in [1.82, 2.24) is 10.1 Å². The highest BCUT2D eigenvalue weighted by molar-refractivity contribution is 5.90. The summed E-state index contributed by atoms with van der Waals surface area (Å²) < 4.78 is 14.9. The van der Waals surface area contributed by atoms with Crippen LogP contribution in [0.15, 0.2) is 28.8 Å². The van der Waals surface area contributed by atoms with E-state index < -0.39 is 5.60 Å². The fourth-order valence-electron chi connectivity index (χ4n) is 1.50. The molecule has 0 fully saturated rings. The monoisotopic (exact) mass is 276 g/mol. The molecule has 0 amide bonds. The Morgan fingerprint density at radius 1 is 1.20 bits per heavy atom. The summed E-state index contributed by atoms with van der Waals surface area (Å²) >= 11 is 0. The van der Waals surface area contributed by atoms with Crippen LogP contribution in [0.2, 0.25) is 0 Å². The number of methoxy groups -OCH3 is 1. The molecule has 1 aromatic heterocycles. The van der Waals surface area contributed by atoms with Crippen molar-refractivity contribution in [2.24, 2.45) is 0 Å². The molecule has 0 spiro atoms. The van der Waals surface area contributed by atoms with Gasteiger partial charge in [0.25, 0.3) is 0 Å². The summed E-state index contributed by atoms with van der Waals surface area (Å²) in [6.07, 6.45) is 0.0937. The molecule has 0 bridgehead atoms. The first-order chi connectivity index (χ1) is 9.39. The molecule has 1 heterocycles. The lowest BCUT2D eigenvalue weighted by atomic mass is 10.1. The number of carbonyl (C=O) groups excluding carboxylic acids is 1. The van der Waals surface area contributed by atoms with Crippen LogP contribution >= 0.6 is 0 Å². The molecule has 1 aromatic carbocycles. The van der Waals surface area contributed by atoms with Crippen molar-refractivity contribution in [2.75, 3.05) is 7.11 Å². The summed E-state index contributed by atoms with van der Waals surface area (Å²) in [5.41, 5.74) is 0.681. The first-order valence-corrected chi connectivity index (χ1v) is 6.10. The van der Waals surface area contributed by atoms with Gasteiger partial charge in [-0.05, 0) is 32.9 Å². The fraction of sp³-hybridized carbons (Fsp3) is 0.357. The Balaban J connectivity index is 2.15. The third kappa shape index (κ3) is 3.34. The van der Waals surface area contributed by atoms with Gasteiger partial charge in [-0.15, -0.1) is 0 Å². The molecule has 106 valence electrons. The quantitative estimate of drug-likeness (QED) is 0.802. The van der Waals surface area contributed by atoms with Gasteiger partial charge in [0.05, 0.1) is 12.7 Å². The van der Waals surface area contributed by atoms with Gasteiger partial charge in [0.15, 0.2) is 0 Å². The molecule has 6 nitrogen and oxygen atoms in total. The Hall–Kier alpha value is -2.37. The minimum absolute atomic E-state index is 0.0937. The van der Waals surface area contributed by atoms with Gasteiger partial charge in [-0.1, -0.05) is 17.3 Å². The van der Waals surface area contributed by atoms with E-state index in [9.17, 15) is 4.79 Å². The maximum atomic E-state index is 11.9. The molecule has 2 rings (SSSR count). The zero-order chi connectivity index (χ0) is 14.8. The predicted octanol–water partition coefficient (Wildman–Crippen LogP) is 2.70. The van der Waals surface area contributed by atoms with Crippen molar-refractivity contribution in [1.29, 1.82) is 0 Å². The molecule has 2 aromatic rings. The van der Waals surface area contributed by atoms with Crippen LogP contribution in [0, 0.1) is 0 Å². The van der Waals surface area contributed by atoms with E-state index in [2.05, 4.69) is 10.1 Å². The number of ether oxygens (including phenoxy) is 2. The van der Waals surface area contributed by atoms with E-state index in [0.29, 0.717) is 11.4 Å². The Labute approximate surface area is 116 Å². The van der Waals surface area contributed by atoms with Crippen LogP contribution in [0.5, 0.6) is 6.08 Å². The van der Waals surface area contributed by atoms with Crippen molar-refractivity contribution >= 4 is 5.97 Å². The zero-order valence-electron chi connectivity index (χ0n) is 11.8. The molecule has 0 unspecified atom stereocenters. The maximum absolute atomic E-state index is 11.9. The van der Waals surface area contributed by atoms with Crippen LogP contribution in [0.4, 0.5) is 0 Å². The first-order valence-electron chi connectivity index (χ1n) is 6.10. The summed E-state index contributed by atoms with van der Waals surface area (Å²) in [7, 11) is 1.45. The highest BCUT2D eigenvalue weighted by Gasteiger charge is 2.18. The lowest BCUT2D eigenvalue weighted by Gasteiger charge is -2.19. The largest absolute Gasteiger partial charge is 0.456 e. The molecule has 0 atom stereocenters. The van der Waals surface area contributed by atoms with Crippen molar-refractivity contribution in [3.63, 3.8) is 0 Å². The summed E-state index contributed by atoms with van der Waals surface area (Å²) in [6, 6.07) is 6.77. The molecule has 20 heavy (non-hydrogen) atoms. The molecule has 0 aliphatic rings. The highest BCUT2D eigenvalue weighted by Crippen LogP contribution is 2.20. The molecule has 0 aliphatic carbocycles. The van der Waals surface area contributed by atoms with Gasteiger partial charge in [-0.2, -0.15) is 4.98 Å². The number of aromatic nitrogens is 2. The van der Waals surface area contributed by atoms with Gasteiger partial charge in [0.1, 0.15) is 5.60 Å². The number of esters is 1. The molecule has 0 saturated heterocycles. The molecular weight excluding hydrogens is 260 g/mol. The Bertz CT molecular complexity index is 596. The number of benzene rings is 1. The van der Waals surface area contributed by atoms with Crippen LogP contribution in [0.3, 0.4) is 0 Å². The Morgan fingerprint density at radius 2 is 1.85 bits per heavy atom. The summed E-state index contributed by atoms with van der Waals surface area (Å²) in [4.78, 5) is 15.9. The first kappa shape index (κ1) is 14.0. The standard InChI is InChI=1S/C14H16N2O4/c1-14(2,3)19-12(17)10-7-5-9(6-8-10)11-15-13(18-4)20-16-11/h5-8H,1-4H3. The zero-order valence-corrected chi connectivity index (χ0v) is 11.8. The van der Waals surface area contributed by atoms with Gasteiger partial charge >= 0.3 is 12.0 Å². The van der Waals surface area contributed by atoms with Crippen molar-refractivity contribution in [3.05, 3.63) is 29.8 Å². The van der Waals surface area contributed by atoms with Crippen LogP contribution < -0.4 is 4.74 Å². The third-order valence-corrected chi connectivity index (χ3v) is 2.36. The van der Waals surface area contributed by atoms with Crippen LogP contribution in [0.25, 0.3) is 11.4 Å².